The Balaban J connectivity index is 1.36. The summed E-state index contributed by atoms with van der Waals surface area (Å²) in [7, 11) is 3.49. The summed E-state index contributed by atoms with van der Waals surface area (Å²) in [5.41, 5.74) is 10.7. The maximum Gasteiger partial charge on any atom is 0.212 e. The molecule has 0 saturated carbocycles. The van der Waals surface area contributed by atoms with Gasteiger partial charge in [-0.3, -0.25) is 19.5 Å². The van der Waals surface area contributed by atoms with Crippen LogP contribution in [0.2, 0.25) is 0 Å². The normalized spacial score (nSPS) is 16.1. The summed E-state index contributed by atoms with van der Waals surface area (Å²) in [6, 6.07) is 8.42. The van der Waals surface area contributed by atoms with Crippen LogP contribution in [0.4, 0.5) is 5.82 Å². The number of aryl methyl sites for hydroxylation is 1. The number of nitriles is 1. The second-order valence-corrected chi connectivity index (χ2v) is 9.66. The predicted octanol–water partition coefficient (Wildman–Crippen LogP) is 3.27. The van der Waals surface area contributed by atoms with Crippen LogP contribution in [-0.2, 0) is 13.6 Å². The second-order valence-electron chi connectivity index (χ2n) is 9.66. The van der Waals surface area contributed by atoms with Gasteiger partial charge in [-0.15, -0.1) is 0 Å². The van der Waals surface area contributed by atoms with E-state index in [1.54, 1.807) is 36.6 Å². The fraction of sp³-hybridized carbons (Fsp3) is 0.310. The van der Waals surface area contributed by atoms with Crippen LogP contribution in [0.15, 0.2) is 61.6 Å². The first-order valence-corrected chi connectivity index (χ1v) is 13.1. The zero-order valence-electron chi connectivity index (χ0n) is 22.9. The molecule has 0 bridgehead atoms. The molecule has 0 aromatic carbocycles. The number of piperazine rings is 1. The van der Waals surface area contributed by atoms with Crippen LogP contribution in [0.1, 0.15) is 24.6 Å². The highest BCUT2D eigenvalue weighted by Gasteiger charge is 2.27. The summed E-state index contributed by atoms with van der Waals surface area (Å²) in [6.45, 7) is 5.65. The Hall–Kier alpha value is -4.82. The SMILES string of the molecule is CCC1CN(c2cnc(-c3cc(-c4cnn(C)c4)cnc3C(C#N)=CN)cn2)CCN1Cc1ccc(OC)nc1. The van der Waals surface area contributed by atoms with Crippen LogP contribution < -0.4 is 15.4 Å². The van der Waals surface area contributed by atoms with E-state index < -0.39 is 0 Å². The van der Waals surface area contributed by atoms with Crippen LogP contribution in [-0.4, -0.2) is 67.4 Å². The lowest BCUT2D eigenvalue weighted by Gasteiger charge is -2.41. The van der Waals surface area contributed by atoms with Crippen LogP contribution in [0, 0.1) is 11.3 Å². The van der Waals surface area contributed by atoms with Crippen molar-refractivity contribution in [3.8, 4) is 34.3 Å². The van der Waals surface area contributed by atoms with Crippen LogP contribution in [0.5, 0.6) is 5.88 Å². The zero-order chi connectivity index (χ0) is 28.1. The predicted molar refractivity (Wildman–Crippen MR) is 153 cm³/mol. The topological polar surface area (TPSA) is 135 Å². The lowest BCUT2D eigenvalue weighted by atomic mass is 10.0. The average Bonchev–Trinajstić information content (AvgIpc) is 3.44. The molecule has 1 fully saturated rings. The number of hydrogen-bond donors (Lipinski definition) is 1. The molecular formula is C29H32N10O. The molecule has 0 aliphatic carbocycles. The molecule has 1 aliphatic rings. The Morgan fingerprint density at radius 3 is 2.60 bits per heavy atom. The Labute approximate surface area is 233 Å². The van der Waals surface area contributed by atoms with E-state index in [1.807, 2.05) is 31.6 Å². The van der Waals surface area contributed by atoms with Gasteiger partial charge in [0.2, 0.25) is 5.88 Å². The van der Waals surface area contributed by atoms with E-state index in [0.29, 0.717) is 28.9 Å². The summed E-state index contributed by atoms with van der Waals surface area (Å²) in [5, 5.41) is 13.9. The van der Waals surface area contributed by atoms with Gasteiger partial charge in [0, 0.05) is 86.8 Å². The third-order valence-electron chi connectivity index (χ3n) is 7.17. The quantitative estimate of drug-likeness (QED) is 0.334. The van der Waals surface area contributed by atoms with Gasteiger partial charge >= 0.3 is 0 Å². The number of aromatic nitrogens is 6. The van der Waals surface area contributed by atoms with Crippen molar-refractivity contribution in [2.75, 3.05) is 31.6 Å². The Kier molecular flexibility index (Phi) is 7.98. The minimum absolute atomic E-state index is 0.271. The number of nitrogens with two attached hydrogens (primary N) is 1. The lowest BCUT2D eigenvalue weighted by Crippen LogP contribution is -2.52. The van der Waals surface area contributed by atoms with Crippen molar-refractivity contribution >= 4 is 11.4 Å². The third kappa shape index (κ3) is 5.62. The van der Waals surface area contributed by atoms with Gasteiger partial charge < -0.3 is 15.4 Å². The van der Waals surface area contributed by atoms with Crippen molar-refractivity contribution in [3.63, 3.8) is 0 Å². The van der Waals surface area contributed by atoms with E-state index in [1.165, 1.54) is 6.20 Å². The van der Waals surface area contributed by atoms with E-state index >= 15 is 0 Å². The molecule has 0 spiro atoms. The highest BCUT2D eigenvalue weighted by atomic mass is 16.5. The van der Waals surface area contributed by atoms with Gasteiger partial charge in [-0.25, -0.2) is 9.97 Å². The Morgan fingerprint density at radius 1 is 1.10 bits per heavy atom. The van der Waals surface area contributed by atoms with Gasteiger partial charge in [0.1, 0.15) is 11.9 Å². The molecule has 1 saturated heterocycles. The van der Waals surface area contributed by atoms with Gasteiger partial charge in [-0.1, -0.05) is 13.0 Å². The minimum atomic E-state index is 0.271. The minimum Gasteiger partial charge on any atom is -0.481 e. The van der Waals surface area contributed by atoms with Crippen LogP contribution >= 0.6 is 0 Å². The summed E-state index contributed by atoms with van der Waals surface area (Å²) in [6.07, 6.45) is 13.1. The summed E-state index contributed by atoms with van der Waals surface area (Å²) in [5.74, 6) is 1.44. The van der Waals surface area contributed by atoms with Crippen molar-refractivity contribution in [1.82, 2.24) is 34.6 Å². The number of ether oxygens (including phenoxy) is 1. The summed E-state index contributed by atoms with van der Waals surface area (Å²) in [4.78, 5) is 23.2. The van der Waals surface area contributed by atoms with E-state index in [2.05, 4.69) is 43.9 Å². The first-order chi connectivity index (χ1) is 19.5. The van der Waals surface area contributed by atoms with Gasteiger partial charge in [0.05, 0.1) is 42.7 Å². The number of anilines is 1. The van der Waals surface area contributed by atoms with Crippen molar-refractivity contribution < 1.29 is 4.74 Å². The molecule has 1 unspecified atom stereocenters. The summed E-state index contributed by atoms with van der Waals surface area (Å²) < 4.78 is 6.92. The van der Waals surface area contributed by atoms with Crippen molar-refractivity contribution in [2.45, 2.75) is 25.9 Å². The van der Waals surface area contributed by atoms with E-state index in [9.17, 15) is 5.26 Å². The molecule has 0 amide bonds. The molecule has 4 aromatic rings. The molecule has 5 heterocycles. The maximum atomic E-state index is 9.63. The van der Waals surface area contributed by atoms with Crippen molar-refractivity contribution in [2.24, 2.45) is 12.8 Å². The van der Waals surface area contributed by atoms with E-state index in [4.69, 9.17) is 20.4 Å². The average molecular weight is 537 g/mol. The monoisotopic (exact) mass is 536 g/mol. The van der Waals surface area contributed by atoms with E-state index in [0.717, 1.165) is 55.1 Å². The molecule has 11 nitrogen and oxygen atoms in total. The molecule has 1 atom stereocenters. The number of hydrogen-bond acceptors (Lipinski definition) is 10. The number of pyridine rings is 2. The molecule has 11 heteroatoms. The smallest absolute Gasteiger partial charge is 0.212 e. The largest absolute Gasteiger partial charge is 0.481 e. The number of rotatable bonds is 8. The zero-order valence-corrected chi connectivity index (χ0v) is 22.9. The number of nitrogens with zero attached hydrogens (tertiary/aromatic N) is 9. The third-order valence-corrected chi connectivity index (χ3v) is 7.17. The molecular weight excluding hydrogens is 504 g/mol. The molecule has 5 rings (SSSR count). The number of methoxy groups -OCH3 is 1. The van der Waals surface area contributed by atoms with Gasteiger partial charge in [-0.05, 0) is 18.1 Å². The molecule has 2 N–H and O–H groups in total. The molecule has 40 heavy (non-hydrogen) atoms. The van der Waals surface area contributed by atoms with E-state index in [-0.39, 0.29) is 5.57 Å². The number of allylic oxidation sites excluding steroid dienone is 1. The standard InChI is InChI=1S/C29H32N10O/c1-4-24-19-39(8-7-38(24)17-20-5-6-28(40-3)34-12-20)27-16-32-26(15-33-27)25-9-21(23-14-36-37(2)18-23)13-35-29(25)22(10-30)11-31/h5-6,9-10,12-16,18,24H,4,7-8,17,19,30H2,1-3H3. The summed E-state index contributed by atoms with van der Waals surface area (Å²) >= 11 is 0. The Bertz CT molecular complexity index is 1520. The molecule has 0 radical (unpaired) electrons. The highest BCUT2D eigenvalue weighted by Crippen LogP contribution is 2.31. The molecule has 204 valence electrons. The van der Waals surface area contributed by atoms with Gasteiger partial charge in [0.25, 0.3) is 0 Å². The maximum absolute atomic E-state index is 9.63. The van der Waals surface area contributed by atoms with Crippen LogP contribution in [0.25, 0.3) is 28.0 Å². The molecule has 4 aromatic heterocycles. The van der Waals surface area contributed by atoms with Crippen LogP contribution in [0.3, 0.4) is 0 Å². The fourth-order valence-corrected chi connectivity index (χ4v) is 4.95. The molecule has 1 aliphatic heterocycles. The second kappa shape index (κ2) is 11.9. The lowest BCUT2D eigenvalue weighted by molar-refractivity contribution is 0.163. The Morgan fingerprint density at radius 2 is 1.98 bits per heavy atom. The first kappa shape index (κ1) is 26.8. The first-order valence-electron chi connectivity index (χ1n) is 13.1. The fourth-order valence-electron chi connectivity index (χ4n) is 4.95. The van der Waals surface area contributed by atoms with Crippen molar-refractivity contribution in [1.29, 1.82) is 5.26 Å². The van der Waals surface area contributed by atoms with Gasteiger partial charge in [0.15, 0.2) is 0 Å². The van der Waals surface area contributed by atoms with Crippen molar-refractivity contribution in [3.05, 3.63) is 72.8 Å². The van der Waals surface area contributed by atoms with Gasteiger partial charge in [-0.2, -0.15) is 10.4 Å². The highest BCUT2D eigenvalue weighted by molar-refractivity contribution is 5.85.